The Bertz CT molecular complexity index is 117. The first kappa shape index (κ1) is 9.58. The Morgan fingerprint density at radius 3 is 2.09 bits per heavy atom. The van der Waals surface area contributed by atoms with Crippen molar-refractivity contribution in [1.29, 1.82) is 0 Å². The predicted octanol–water partition coefficient (Wildman–Crippen LogP) is 3.83. The zero-order valence-corrected chi connectivity index (χ0v) is 7.49. The molecule has 5 heteroatoms. The van der Waals surface area contributed by atoms with Crippen LogP contribution < -0.4 is 0 Å². The highest BCUT2D eigenvalue weighted by Crippen LogP contribution is 2.45. The summed E-state index contributed by atoms with van der Waals surface area (Å²) in [6.07, 6.45) is 4.09. The van der Waals surface area contributed by atoms with Crippen molar-refractivity contribution in [2.45, 2.75) is 36.4 Å². The topological polar surface area (TPSA) is 0 Å². The van der Waals surface area contributed by atoms with Crippen molar-refractivity contribution in [2.75, 3.05) is 0 Å². The summed E-state index contributed by atoms with van der Waals surface area (Å²) in [5.74, 6) is 0. The molecule has 0 atom stereocenters. The van der Waals surface area contributed by atoms with E-state index >= 15 is 0 Å². The molecular weight excluding hydrogens is 193 g/mol. The Kier molecular flexibility index (Phi) is 3.43. The van der Waals surface area contributed by atoms with Crippen LogP contribution in [0.2, 0.25) is 0 Å². The highest BCUT2D eigenvalue weighted by molar-refractivity contribution is 8.77. The summed E-state index contributed by atoms with van der Waals surface area (Å²) in [5, 5.41) is 0.238. The van der Waals surface area contributed by atoms with E-state index in [1.165, 1.54) is 0 Å². The standard InChI is InChI=1S/C6H9F3S2/c7-6(8,9)11-10-5-3-1-2-4-5/h5H,1-4H2. The zero-order valence-electron chi connectivity index (χ0n) is 5.86. The SMILES string of the molecule is FC(F)(F)SSC1CCCC1. The van der Waals surface area contributed by atoms with Gasteiger partial charge in [0.05, 0.1) is 0 Å². The van der Waals surface area contributed by atoms with Gasteiger partial charge in [-0.3, -0.25) is 0 Å². The molecule has 1 fully saturated rings. The molecule has 1 saturated carbocycles. The first-order valence-corrected chi connectivity index (χ1v) is 5.70. The van der Waals surface area contributed by atoms with Crippen molar-refractivity contribution in [3.8, 4) is 0 Å². The van der Waals surface area contributed by atoms with E-state index in [0.29, 0.717) is 0 Å². The second-order valence-electron chi connectivity index (χ2n) is 2.53. The van der Waals surface area contributed by atoms with E-state index in [9.17, 15) is 13.2 Å². The molecule has 11 heavy (non-hydrogen) atoms. The van der Waals surface area contributed by atoms with Crippen LogP contribution in [0.1, 0.15) is 25.7 Å². The fourth-order valence-corrected chi connectivity index (χ4v) is 3.19. The van der Waals surface area contributed by atoms with Crippen LogP contribution in [-0.4, -0.2) is 10.8 Å². The van der Waals surface area contributed by atoms with Gasteiger partial charge in [0.1, 0.15) is 0 Å². The Balaban J connectivity index is 2.11. The van der Waals surface area contributed by atoms with Gasteiger partial charge in [0, 0.05) is 16.0 Å². The quantitative estimate of drug-likeness (QED) is 0.624. The van der Waals surface area contributed by atoms with Crippen LogP contribution in [0, 0.1) is 0 Å². The van der Waals surface area contributed by atoms with Gasteiger partial charge in [-0.2, -0.15) is 13.2 Å². The molecule has 0 radical (unpaired) electrons. The fourth-order valence-electron chi connectivity index (χ4n) is 1.11. The van der Waals surface area contributed by atoms with Gasteiger partial charge in [0.2, 0.25) is 0 Å². The van der Waals surface area contributed by atoms with Gasteiger partial charge >= 0.3 is 5.51 Å². The van der Waals surface area contributed by atoms with Crippen LogP contribution in [-0.2, 0) is 0 Å². The van der Waals surface area contributed by atoms with Crippen LogP contribution in [0.25, 0.3) is 0 Å². The molecule has 0 heterocycles. The number of hydrogen-bond donors (Lipinski definition) is 0. The van der Waals surface area contributed by atoms with E-state index in [1.54, 1.807) is 0 Å². The largest absolute Gasteiger partial charge is 0.452 e. The van der Waals surface area contributed by atoms with Crippen LogP contribution in [0.4, 0.5) is 13.2 Å². The molecule has 66 valence electrons. The normalized spacial score (nSPS) is 21.0. The van der Waals surface area contributed by atoms with Crippen LogP contribution >= 0.6 is 21.6 Å². The van der Waals surface area contributed by atoms with Crippen molar-refractivity contribution in [3.63, 3.8) is 0 Å². The minimum atomic E-state index is -4.06. The van der Waals surface area contributed by atoms with Crippen molar-refractivity contribution < 1.29 is 13.2 Å². The summed E-state index contributed by atoms with van der Waals surface area (Å²) in [6, 6.07) is 0. The van der Waals surface area contributed by atoms with E-state index in [-0.39, 0.29) is 16.0 Å². The number of rotatable bonds is 2. The van der Waals surface area contributed by atoms with Gasteiger partial charge < -0.3 is 0 Å². The number of alkyl halides is 3. The summed E-state index contributed by atoms with van der Waals surface area (Å²) >= 11 is 0. The smallest absolute Gasteiger partial charge is 0.160 e. The lowest BCUT2D eigenvalue weighted by Crippen LogP contribution is -2.00. The predicted molar refractivity (Wildman–Crippen MR) is 43.5 cm³/mol. The lowest BCUT2D eigenvalue weighted by molar-refractivity contribution is -0.0311. The molecule has 0 aromatic carbocycles. The van der Waals surface area contributed by atoms with Gasteiger partial charge in [0.25, 0.3) is 0 Å². The van der Waals surface area contributed by atoms with Crippen LogP contribution in [0.5, 0.6) is 0 Å². The molecule has 1 aliphatic carbocycles. The summed E-state index contributed by atoms with van der Waals surface area (Å²) in [4.78, 5) is 0. The number of halogens is 3. The molecule has 0 amide bonds. The molecule has 0 unspecified atom stereocenters. The molecule has 0 aliphatic heterocycles. The second kappa shape index (κ2) is 3.94. The van der Waals surface area contributed by atoms with Crippen LogP contribution in [0.3, 0.4) is 0 Å². The molecule has 0 spiro atoms. The highest BCUT2D eigenvalue weighted by Gasteiger charge is 2.31. The Hall–Kier alpha value is 0.490. The minimum Gasteiger partial charge on any atom is -0.160 e. The summed E-state index contributed by atoms with van der Waals surface area (Å²) in [5.41, 5.74) is -4.06. The highest BCUT2D eigenvalue weighted by atomic mass is 33.1. The van der Waals surface area contributed by atoms with Gasteiger partial charge in [-0.05, 0) is 12.8 Å². The maximum atomic E-state index is 11.7. The molecule has 0 nitrogen and oxygen atoms in total. The van der Waals surface area contributed by atoms with E-state index in [0.717, 1.165) is 36.5 Å². The minimum absolute atomic E-state index is 0.0475. The van der Waals surface area contributed by atoms with Crippen molar-refractivity contribution >= 4 is 21.6 Å². The second-order valence-corrected chi connectivity index (χ2v) is 5.10. The molecule has 0 aromatic rings. The van der Waals surface area contributed by atoms with Crippen LogP contribution in [0.15, 0.2) is 0 Å². The van der Waals surface area contributed by atoms with E-state index in [2.05, 4.69) is 0 Å². The lowest BCUT2D eigenvalue weighted by Gasteiger charge is -2.08. The number of hydrogen-bond acceptors (Lipinski definition) is 2. The molecule has 1 aliphatic rings. The van der Waals surface area contributed by atoms with E-state index in [4.69, 9.17) is 0 Å². The van der Waals surface area contributed by atoms with E-state index in [1.807, 2.05) is 0 Å². The van der Waals surface area contributed by atoms with Gasteiger partial charge in [-0.25, -0.2) is 0 Å². The lowest BCUT2D eigenvalue weighted by atomic mass is 10.4. The van der Waals surface area contributed by atoms with Gasteiger partial charge in [-0.1, -0.05) is 23.6 Å². The summed E-state index contributed by atoms with van der Waals surface area (Å²) in [6.45, 7) is 0. The summed E-state index contributed by atoms with van der Waals surface area (Å²) in [7, 11) is 1.03. The summed E-state index contributed by atoms with van der Waals surface area (Å²) < 4.78 is 35.0. The first-order valence-electron chi connectivity index (χ1n) is 3.49. The molecule has 0 N–H and O–H groups in total. The van der Waals surface area contributed by atoms with Gasteiger partial charge in [0.15, 0.2) is 0 Å². The van der Waals surface area contributed by atoms with Crippen molar-refractivity contribution in [1.82, 2.24) is 0 Å². The average molecular weight is 202 g/mol. The third-order valence-electron chi connectivity index (χ3n) is 1.58. The van der Waals surface area contributed by atoms with E-state index < -0.39 is 5.51 Å². The Labute approximate surface area is 71.7 Å². The average Bonchev–Trinajstić information content (AvgIpc) is 2.32. The monoisotopic (exact) mass is 202 g/mol. The Morgan fingerprint density at radius 2 is 1.64 bits per heavy atom. The zero-order chi connectivity index (χ0) is 8.32. The molecule has 1 rings (SSSR count). The Morgan fingerprint density at radius 1 is 1.09 bits per heavy atom. The molecule has 0 aromatic heterocycles. The third kappa shape index (κ3) is 4.15. The molecular formula is C6H9F3S2. The maximum absolute atomic E-state index is 11.7. The fraction of sp³-hybridized carbons (Fsp3) is 1.00. The van der Waals surface area contributed by atoms with Crippen molar-refractivity contribution in [2.24, 2.45) is 0 Å². The van der Waals surface area contributed by atoms with Crippen molar-refractivity contribution in [3.05, 3.63) is 0 Å². The van der Waals surface area contributed by atoms with Gasteiger partial charge in [-0.15, -0.1) is 0 Å². The third-order valence-corrected chi connectivity index (χ3v) is 4.28. The maximum Gasteiger partial charge on any atom is 0.452 e. The molecule has 0 saturated heterocycles. The first-order chi connectivity index (χ1) is 5.08. The molecule has 0 bridgehead atoms.